The summed E-state index contributed by atoms with van der Waals surface area (Å²) in [7, 11) is 0. The number of carbonyl (C=O) groups excluding carboxylic acids is 1. The van der Waals surface area contributed by atoms with Crippen LogP contribution in [0, 0.1) is 12.7 Å². The minimum Gasteiger partial charge on any atom is -0.381 e. The number of ether oxygens (including phenoxy) is 1. The zero-order valence-electron chi connectivity index (χ0n) is 19.3. The second-order valence-electron chi connectivity index (χ2n) is 8.95. The number of carbonyl (C=O) groups is 1. The number of rotatable bonds is 4. The number of nitrogens with zero attached hydrogens (tertiary/aromatic N) is 3. The van der Waals surface area contributed by atoms with Gasteiger partial charge in [0.05, 0.1) is 17.3 Å². The van der Waals surface area contributed by atoms with E-state index in [4.69, 9.17) is 9.57 Å². The molecule has 0 saturated carbocycles. The van der Waals surface area contributed by atoms with Crippen molar-refractivity contribution >= 4 is 27.8 Å². The number of aromatic nitrogens is 3. The van der Waals surface area contributed by atoms with E-state index in [0.29, 0.717) is 17.0 Å². The Kier molecular flexibility index (Phi) is 5.34. The van der Waals surface area contributed by atoms with Crippen molar-refractivity contribution in [1.29, 1.82) is 0 Å². The van der Waals surface area contributed by atoms with Gasteiger partial charge in [-0.15, -0.1) is 5.10 Å². The van der Waals surface area contributed by atoms with Crippen LogP contribution >= 0.6 is 0 Å². The van der Waals surface area contributed by atoms with Gasteiger partial charge in [-0.05, 0) is 73.9 Å². The van der Waals surface area contributed by atoms with Gasteiger partial charge < -0.3 is 14.1 Å². The van der Waals surface area contributed by atoms with E-state index in [0.717, 1.165) is 53.6 Å². The third kappa shape index (κ3) is 3.88. The monoisotopic (exact) mass is 469 g/mol. The van der Waals surface area contributed by atoms with Crippen LogP contribution in [0.25, 0.3) is 27.5 Å². The fraction of sp³-hybridized carbons (Fsp3) is 0.214. The molecule has 0 radical (unpaired) electrons. The molecule has 5 aromatic rings. The van der Waals surface area contributed by atoms with Crippen LogP contribution in [0.2, 0.25) is 0 Å². The Morgan fingerprint density at radius 2 is 1.77 bits per heavy atom. The Morgan fingerprint density at radius 1 is 1.00 bits per heavy atom. The maximum Gasteiger partial charge on any atom is 0.365 e. The first-order chi connectivity index (χ1) is 17.1. The van der Waals surface area contributed by atoms with Crippen LogP contribution in [-0.4, -0.2) is 33.7 Å². The van der Waals surface area contributed by atoms with E-state index >= 15 is 0 Å². The van der Waals surface area contributed by atoms with E-state index in [2.05, 4.69) is 21.8 Å². The fourth-order valence-corrected chi connectivity index (χ4v) is 4.94. The van der Waals surface area contributed by atoms with E-state index in [-0.39, 0.29) is 5.82 Å². The third-order valence-corrected chi connectivity index (χ3v) is 6.70. The lowest BCUT2D eigenvalue weighted by Crippen LogP contribution is -2.20. The number of halogens is 1. The summed E-state index contributed by atoms with van der Waals surface area (Å²) in [5.74, 6) is -0.395. The zero-order chi connectivity index (χ0) is 23.9. The summed E-state index contributed by atoms with van der Waals surface area (Å²) in [5, 5.41) is 6.15. The average molecular weight is 470 g/mol. The molecular formula is C28H24FN3O3. The Balaban J connectivity index is 1.49. The predicted molar refractivity (Wildman–Crippen MR) is 131 cm³/mol. The van der Waals surface area contributed by atoms with Gasteiger partial charge in [0, 0.05) is 41.3 Å². The third-order valence-electron chi connectivity index (χ3n) is 6.70. The molecule has 0 atom stereocenters. The largest absolute Gasteiger partial charge is 0.381 e. The minimum absolute atomic E-state index is 0.251. The van der Waals surface area contributed by atoms with Crippen LogP contribution in [0.1, 0.15) is 40.4 Å². The van der Waals surface area contributed by atoms with Crippen LogP contribution in [-0.2, 0) is 4.74 Å². The molecule has 0 unspecified atom stereocenters. The molecule has 0 bridgehead atoms. The first-order valence-electron chi connectivity index (χ1n) is 11.7. The molecule has 3 aromatic carbocycles. The lowest BCUT2D eigenvalue weighted by molar-refractivity contribution is 0.0420. The molecule has 1 saturated heterocycles. The second-order valence-corrected chi connectivity index (χ2v) is 8.95. The van der Waals surface area contributed by atoms with Crippen molar-refractivity contribution in [2.75, 3.05) is 13.2 Å². The lowest BCUT2D eigenvalue weighted by Gasteiger charge is -2.24. The van der Waals surface area contributed by atoms with E-state index < -0.39 is 5.97 Å². The van der Waals surface area contributed by atoms with Gasteiger partial charge in [0.2, 0.25) is 0 Å². The SMILES string of the molecule is Cc1cc(F)ccc1-n1c(C2CCOCC2)cc2cc3c(cnn3OC(=O)c3ccccc3)cc21. The molecular weight excluding hydrogens is 445 g/mol. The van der Waals surface area contributed by atoms with Crippen molar-refractivity contribution in [3.8, 4) is 5.69 Å². The summed E-state index contributed by atoms with van der Waals surface area (Å²) in [6.45, 7) is 3.37. The topological polar surface area (TPSA) is 58.3 Å². The van der Waals surface area contributed by atoms with Crippen molar-refractivity contribution in [3.63, 3.8) is 0 Å². The Hall–Kier alpha value is -3.97. The Bertz CT molecular complexity index is 1550. The van der Waals surface area contributed by atoms with Crippen LogP contribution in [0.5, 0.6) is 0 Å². The van der Waals surface area contributed by atoms with Gasteiger partial charge in [-0.3, -0.25) is 0 Å². The number of benzene rings is 3. The minimum atomic E-state index is -0.474. The molecule has 6 rings (SSSR count). The molecule has 6 nitrogen and oxygen atoms in total. The Morgan fingerprint density at radius 3 is 2.54 bits per heavy atom. The molecule has 0 spiro atoms. The number of hydrogen-bond donors (Lipinski definition) is 0. The molecule has 0 amide bonds. The van der Waals surface area contributed by atoms with Crippen molar-refractivity contribution in [3.05, 3.63) is 95.6 Å². The average Bonchev–Trinajstić information content (AvgIpc) is 3.44. The van der Waals surface area contributed by atoms with E-state index in [1.54, 1.807) is 36.5 Å². The summed E-state index contributed by atoms with van der Waals surface area (Å²) in [6.07, 6.45) is 3.55. The maximum atomic E-state index is 13.9. The molecule has 1 fully saturated rings. The van der Waals surface area contributed by atoms with E-state index in [1.165, 1.54) is 16.6 Å². The molecule has 3 heterocycles. The summed E-state index contributed by atoms with van der Waals surface area (Å²) < 4.78 is 21.7. The first-order valence-corrected chi connectivity index (χ1v) is 11.7. The van der Waals surface area contributed by atoms with Gasteiger partial charge in [0.25, 0.3) is 0 Å². The van der Waals surface area contributed by atoms with Gasteiger partial charge in [0.1, 0.15) is 11.3 Å². The highest BCUT2D eigenvalue weighted by molar-refractivity contribution is 5.97. The van der Waals surface area contributed by atoms with Gasteiger partial charge in [-0.25, -0.2) is 9.18 Å². The van der Waals surface area contributed by atoms with Crippen LogP contribution < -0.4 is 4.84 Å². The van der Waals surface area contributed by atoms with Crippen LogP contribution in [0.3, 0.4) is 0 Å². The summed E-state index contributed by atoms with van der Waals surface area (Å²) >= 11 is 0. The standard InChI is InChI=1S/C28H24FN3O3/c1-18-13-23(29)7-8-24(18)31-25(19-9-11-34-12-10-19)14-21-15-27-22(16-26(21)31)17-30-32(27)35-28(33)20-5-3-2-4-6-20/h2-8,13-17,19H,9-12H2,1H3. The predicted octanol–water partition coefficient (Wildman–Crippen LogP) is 5.59. The Labute approximate surface area is 201 Å². The molecule has 0 N–H and O–H groups in total. The molecule has 2 aromatic heterocycles. The summed E-state index contributed by atoms with van der Waals surface area (Å²) in [6, 6.07) is 20.0. The van der Waals surface area contributed by atoms with Crippen molar-refractivity contribution in [2.45, 2.75) is 25.7 Å². The molecule has 176 valence electrons. The van der Waals surface area contributed by atoms with E-state index in [9.17, 15) is 9.18 Å². The highest BCUT2D eigenvalue weighted by Crippen LogP contribution is 2.36. The molecule has 35 heavy (non-hydrogen) atoms. The number of aryl methyl sites for hydroxylation is 1. The maximum absolute atomic E-state index is 13.9. The first kappa shape index (κ1) is 21.6. The molecule has 0 aliphatic carbocycles. The number of hydrogen-bond acceptors (Lipinski definition) is 4. The second kappa shape index (κ2) is 8.67. The normalized spacial score (nSPS) is 14.6. The molecule has 7 heteroatoms. The van der Waals surface area contributed by atoms with Crippen molar-refractivity contribution < 1.29 is 18.8 Å². The number of fused-ring (bicyclic) bond motifs is 2. The summed E-state index contributed by atoms with van der Waals surface area (Å²) in [5.41, 5.74) is 5.15. The van der Waals surface area contributed by atoms with Crippen molar-refractivity contribution in [1.82, 2.24) is 14.5 Å². The fourth-order valence-electron chi connectivity index (χ4n) is 4.94. The van der Waals surface area contributed by atoms with Gasteiger partial charge >= 0.3 is 5.97 Å². The van der Waals surface area contributed by atoms with Gasteiger partial charge in [0.15, 0.2) is 0 Å². The van der Waals surface area contributed by atoms with Gasteiger partial charge in [-0.1, -0.05) is 23.0 Å². The zero-order valence-corrected chi connectivity index (χ0v) is 19.3. The highest BCUT2D eigenvalue weighted by atomic mass is 19.1. The quantitative estimate of drug-likeness (QED) is 0.344. The molecule has 1 aliphatic rings. The van der Waals surface area contributed by atoms with Gasteiger partial charge in [-0.2, -0.15) is 0 Å². The van der Waals surface area contributed by atoms with Crippen molar-refractivity contribution in [2.24, 2.45) is 0 Å². The smallest absolute Gasteiger partial charge is 0.365 e. The lowest BCUT2D eigenvalue weighted by atomic mass is 9.96. The van der Waals surface area contributed by atoms with Crippen LogP contribution in [0.4, 0.5) is 4.39 Å². The molecule has 1 aliphatic heterocycles. The summed E-state index contributed by atoms with van der Waals surface area (Å²) in [4.78, 5) is 19.5. The highest BCUT2D eigenvalue weighted by Gasteiger charge is 2.24. The van der Waals surface area contributed by atoms with Crippen LogP contribution in [0.15, 0.2) is 72.9 Å². The van der Waals surface area contributed by atoms with E-state index in [1.807, 2.05) is 25.1 Å².